The van der Waals surface area contributed by atoms with Crippen LogP contribution < -0.4 is 4.72 Å². The SMILES string of the molecule is CC.CNS(=O)(=O)CCCc1cnc[nH]1. The second-order valence-electron chi connectivity index (χ2n) is 2.70. The van der Waals surface area contributed by atoms with Gasteiger partial charge in [-0.25, -0.2) is 18.1 Å². The van der Waals surface area contributed by atoms with Gasteiger partial charge in [-0.15, -0.1) is 0 Å². The molecule has 88 valence electrons. The molecule has 0 aliphatic carbocycles. The molecule has 0 aliphatic rings. The molecule has 1 rings (SSSR count). The number of rotatable bonds is 5. The number of H-pyrrole nitrogens is 1. The second kappa shape index (κ2) is 7.42. The number of imidazole rings is 1. The van der Waals surface area contributed by atoms with Crippen molar-refractivity contribution in [3.63, 3.8) is 0 Å². The Morgan fingerprint density at radius 1 is 1.47 bits per heavy atom. The maximum absolute atomic E-state index is 11.0. The highest BCUT2D eigenvalue weighted by Gasteiger charge is 2.06. The molecule has 0 aromatic carbocycles. The molecule has 0 fully saturated rings. The van der Waals surface area contributed by atoms with Crippen LogP contribution in [0.25, 0.3) is 0 Å². The molecule has 2 N–H and O–H groups in total. The van der Waals surface area contributed by atoms with Crippen molar-refractivity contribution in [1.82, 2.24) is 14.7 Å². The third kappa shape index (κ3) is 6.24. The number of nitrogens with zero attached hydrogens (tertiary/aromatic N) is 1. The van der Waals surface area contributed by atoms with E-state index >= 15 is 0 Å². The van der Waals surface area contributed by atoms with Gasteiger partial charge in [0.2, 0.25) is 10.0 Å². The molecule has 0 saturated carbocycles. The predicted molar refractivity (Wildman–Crippen MR) is 61.1 cm³/mol. The molecule has 0 aliphatic heterocycles. The van der Waals surface area contributed by atoms with Gasteiger partial charge < -0.3 is 4.98 Å². The Morgan fingerprint density at radius 2 is 2.13 bits per heavy atom. The standard InChI is InChI=1S/C7H13N3O2S.C2H6/c1-8-13(11,12)4-2-3-7-5-9-6-10-7;1-2/h5-6,8H,2-4H2,1H3,(H,9,10);1-2H3. The average Bonchev–Trinajstić information content (AvgIpc) is 2.74. The lowest BCUT2D eigenvalue weighted by atomic mass is 10.3. The fourth-order valence-electron chi connectivity index (χ4n) is 0.976. The zero-order chi connectivity index (χ0) is 11.7. The smallest absolute Gasteiger partial charge is 0.211 e. The van der Waals surface area contributed by atoms with Crippen molar-refractivity contribution in [2.24, 2.45) is 0 Å². The summed E-state index contributed by atoms with van der Waals surface area (Å²) in [5.74, 6) is 0.155. The van der Waals surface area contributed by atoms with E-state index in [0.29, 0.717) is 12.8 Å². The van der Waals surface area contributed by atoms with E-state index in [2.05, 4.69) is 14.7 Å². The monoisotopic (exact) mass is 233 g/mol. The van der Waals surface area contributed by atoms with Crippen LogP contribution in [0.2, 0.25) is 0 Å². The molecule has 5 nitrogen and oxygen atoms in total. The Labute approximate surface area is 91.4 Å². The third-order valence-electron chi connectivity index (χ3n) is 1.73. The Morgan fingerprint density at radius 3 is 2.60 bits per heavy atom. The topological polar surface area (TPSA) is 74.8 Å². The van der Waals surface area contributed by atoms with Crippen LogP contribution in [-0.4, -0.2) is 31.2 Å². The van der Waals surface area contributed by atoms with Crippen LogP contribution in [-0.2, 0) is 16.4 Å². The first-order chi connectivity index (χ1) is 7.14. The van der Waals surface area contributed by atoms with E-state index in [0.717, 1.165) is 5.69 Å². The number of hydrogen-bond acceptors (Lipinski definition) is 3. The molecule has 0 atom stereocenters. The lowest BCUT2D eigenvalue weighted by Gasteiger charge is -2.00. The van der Waals surface area contributed by atoms with Gasteiger partial charge in [0, 0.05) is 11.9 Å². The Kier molecular flexibility index (Phi) is 6.98. The van der Waals surface area contributed by atoms with Crippen molar-refractivity contribution >= 4 is 10.0 Å². The summed E-state index contributed by atoms with van der Waals surface area (Å²) in [6.45, 7) is 4.00. The summed E-state index contributed by atoms with van der Waals surface area (Å²) in [5.41, 5.74) is 0.964. The van der Waals surface area contributed by atoms with Crippen LogP contribution in [0.1, 0.15) is 26.0 Å². The fourth-order valence-corrected chi connectivity index (χ4v) is 1.70. The highest BCUT2D eigenvalue weighted by Crippen LogP contribution is 1.98. The van der Waals surface area contributed by atoms with Gasteiger partial charge in [0.1, 0.15) is 0 Å². The number of nitrogens with one attached hydrogen (secondary N) is 2. The Hall–Kier alpha value is -0.880. The van der Waals surface area contributed by atoms with Gasteiger partial charge in [-0.05, 0) is 19.9 Å². The van der Waals surface area contributed by atoms with E-state index in [1.165, 1.54) is 7.05 Å². The molecule has 1 heterocycles. The van der Waals surface area contributed by atoms with Crippen LogP contribution in [0.4, 0.5) is 0 Å². The summed E-state index contributed by atoms with van der Waals surface area (Å²) >= 11 is 0. The quantitative estimate of drug-likeness (QED) is 0.794. The summed E-state index contributed by atoms with van der Waals surface area (Å²) in [4.78, 5) is 6.75. The lowest BCUT2D eigenvalue weighted by Crippen LogP contribution is -2.22. The number of aryl methyl sites for hydroxylation is 1. The summed E-state index contributed by atoms with van der Waals surface area (Å²) < 4.78 is 24.2. The van der Waals surface area contributed by atoms with Gasteiger partial charge in [-0.2, -0.15) is 0 Å². The largest absolute Gasteiger partial charge is 0.348 e. The molecule has 0 unspecified atom stereocenters. The highest BCUT2D eigenvalue weighted by molar-refractivity contribution is 7.89. The van der Waals surface area contributed by atoms with Crippen LogP contribution in [0.3, 0.4) is 0 Å². The summed E-state index contributed by atoms with van der Waals surface area (Å²) in [7, 11) is -1.63. The average molecular weight is 233 g/mol. The first kappa shape index (κ1) is 14.1. The van der Waals surface area contributed by atoms with E-state index in [1.807, 2.05) is 13.8 Å². The van der Waals surface area contributed by atoms with E-state index < -0.39 is 10.0 Å². The molecule has 0 bridgehead atoms. The maximum atomic E-state index is 11.0. The zero-order valence-corrected chi connectivity index (χ0v) is 10.3. The van der Waals surface area contributed by atoms with Gasteiger partial charge >= 0.3 is 0 Å². The first-order valence-corrected chi connectivity index (χ1v) is 6.68. The van der Waals surface area contributed by atoms with E-state index in [-0.39, 0.29) is 5.75 Å². The van der Waals surface area contributed by atoms with E-state index in [9.17, 15) is 8.42 Å². The molecule has 0 amide bonds. The van der Waals surface area contributed by atoms with Crippen molar-refractivity contribution in [3.8, 4) is 0 Å². The highest BCUT2D eigenvalue weighted by atomic mass is 32.2. The molecule has 0 spiro atoms. The minimum absolute atomic E-state index is 0.155. The van der Waals surface area contributed by atoms with Gasteiger partial charge in [0.25, 0.3) is 0 Å². The van der Waals surface area contributed by atoms with Gasteiger partial charge in [-0.3, -0.25) is 0 Å². The predicted octanol–water partition coefficient (Wildman–Crippen LogP) is 0.918. The molecule has 1 aromatic heterocycles. The van der Waals surface area contributed by atoms with Gasteiger partial charge in [-0.1, -0.05) is 13.8 Å². The summed E-state index contributed by atoms with van der Waals surface area (Å²) in [5, 5.41) is 0. The fraction of sp³-hybridized carbons (Fsp3) is 0.667. The normalized spacial score (nSPS) is 10.6. The van der Waals surface area contributed by atoms with Crippen LogP contribution in [0.5, 0.6) is 0 Å². The summed E-state index contributed by atoms with van der Waals surface area (Å²) in [6, 6.07) is 0. The first-order valence-electron chi connectivity index (χ1n) is 5.02. The Balaban J connectivity index is 0.000000921. The number of hydrogen-bond donors (Lipinski definition) is 2. The van der Waals surface area contributed by atoms with E-state index in [1.54, 1.807) is 12.5 Å². The van der Waals surface area contributed by atoms with Crippen LogP contribution in [0, 0.1) is 0 Å². The second-order valence-corrected chi connectivity index (χ2v) is 4.75. The number of sulfonamides is 1. The van der Waals surface area contributed by atoms with Crippen molar-refractivity contribution in [3.05, 3.63) is 18.2 Å². The maximum Gasteiger partial charge on any atom is 0.211 e. The van der Waals surface area contributed by atoms with Crippen LogP contribution in [0.15, 0.2) is 12.5 Å². The molecule has 15 heavy (non-hydrogen) atoms. The number of aromatic amines is 1. The minimum Gasteiger partial charge on any atom is -0.348 e. The molecule has 1 aromatic rings. The summed E-state index contributed by atoms with van der Waals surface area (Å²) in [6.07, 6.45) is 4.60. The van der Waals surface area contributed by atoms with Crippen LogP contribution >= 0.6 is 0 Å². The van der Waals surface area contributed by atoms with Crippen molar-refractivity contribution in [2.45, 2.75) is 26.7 Å². The van der Waals surface area contributed by atoms with Crippen molar-refractivity contribution < 1.29 is 8.42 Å². The molecule has 0 saturated heterocycles. The molecular formula is C9H19N3O2S. The zero-order valence-electron chi connectivity index (χ0n) is 9.45. The lowest BCUT2D eigenvalue weighted by molar-refractivity contribution is 0.585. The van der Waals surface area contributed by atoms with Crippen molar-refractivity contribution in [2.75, 3.05) is 12.8 Å². The number of aromatic nitrogens is 2. The van der Waals surface area contributed by atoms with Gasteiger partial charge in [0.05, 0.1) is 12.1 Å². The molecule has 0 radical (unpaired) electrons. The Bertz CT molecular complexity index is 332. The van der Waals surface area contributed by atoms with E-state index in [4.69, 9.17) is 0 Å². The minimum atomic E-state index is -3.06. The van der Waals surface area contributed by atoms with Gasteiger partial charge in [0.15, 0.2) is 0 Å². The van der Waals surface area contributed by atoms with Crippen molar-refractivity contribution in [1.29, 1.82) is 0 Å². The third-order valence-corrected chi connectivity index (χ3v) is 3.17. The molecular weight excluding hydrogens is 214 g/mol. The molecule has 6 heteroatoms.